The molecule has 1 N–H and O–H groups in total. The number of rotatable bonds is 6. The Hall–Kier alpha value is -2.99. The third-order valence-electron chi connectivity index (χ3n) is 5.57. The summed E-state index contributed by atoms with van der Waals surface area (Å²) >= 11 is 1.62. The number of hydrogen-bond donors (Lipinski definition) is 1. The van der Waals surface area contributed by atoms with E-state index < -0.39 is 6.09 Å². The number of carbonyl (C=O) groups is 2. The fourth-order valence-corrected chi connectivity index (χ4v) is 5.12. The van der Waals surface area contributed by atoms with Crippen molar-refractivity contribution in [1.82, 2.24) is 4.90 Å². The van der Waals surface area contributed by atoms with Crippen LogP contribution in [0.15, 0.2) is 66.7 Å². The molecule has 2 atom stereocenters. The smallest absolute Gasteiger partial charge is 0.411 e. The SMILES string of the molecule is CC[C@@H](COC(=O)Nc1cccc2ccccc12)N1C(=O)CS[C@@H]1c1ccc(C)cc1. The van der Waals surface area contributed by atoms with Gasteiger partial charge in [-0.2, -0.15) is 0 Å². The lowest BCUT2D eigenvalue weighted by Gasteiger charge is -2.32. The molecule has 160 valence electrons. The van der Waals surface area contributed by atoms with Crippen LogP contribution >= 0.6 is 11.8 Å². The van der Waals surface area contributed by atoms with Crippen LogP contribution in [0.2, 0.25) is 0 Å². The van der Waals surface area contributed by atoms with E-state index in [0.29, 0.717) is 17.9 Å². The van der Waals surface area contributed by atoms with Crippen LogP contribution in [0.1, 0.15) is 29.8 Å². The molecule has 1 saturated heterocycles. The highest BCUT2D eigenvalue weighted by Crippen LogP contribution is 2.40. The minimum absolute atomic E-state index is 0.0530. The highest BCUT2D eigenvalue weighted by Gasteiger charge is 2.37. The zero-order valence-corrected chi connectivity index (χ0v) is 18.5. The molecule has 1 fully saturated rings. The zero-order valence-electron chi connectivity index (χ0n) is 17.7. The molecule has 3 aromatic carbocycles. The number of amides is 2. The van der Waals surface area contributed by atoms with Crippen LogP contribution in [0.3, 0.4) is 0 Å². The Bertz CT molecular complexity index is 1080. The average molecular weight is 435 g/mol. The summed E-state index contributed by atoms with van der Waals surface area (Å²) < 4.78 is 5.56. The number of carbonyl (C=O) groups excluding carboxylic acids is 2. The lowest BCUT2D eigenvalue weighted by molar-refractivity contribution is -0.131. The largest absolute Gasteiger partial charge is 0.447 e. The minimum atomic E-state index is -0.513. The second kappa shape index (κ2) is 9.43. The predicted molar refractivity (Wildman–Crippen MR) is 126 cm³/mol. The number of nitrogens with one attached hydrogen (secondary N) is 1. The van der Waals surface area contributed by atoms with Crippen molar-refractivity contribution in [3.63, 3.8) is 0 Å². The van der Waals surface area contributed by atoms with Gasteiger partial charge >= 0.3 is 6.09 Å². The lowest BCUT2D eigenvalue weighted by Crippen LogP contribution is -2.41. The van der Waals surface area contributed by atoms with Crippen molar-refractivity contribution in [2.24, 2.45) is 0 Å². The molecule has 0 radical (unpaired) electrons. The fraction of sp³-hybridized carbons (Fsp3) is 0.280. The van der Waals surface area contributed by atoms with Crippen molar-refractivity contribution in [3.8, 4) is 0 Å². The summed E-state index contributed by atoms with van der Waals surface area (Å²) in [5.74, 6) is 0.525. The van der Waals surface area contributed by atoms with Crippen molar-refractivity contribution in [1.29, 1.82) is 0 Å². The zero-order chi connectivity index (χ0) is 21.8. The van der Waals surface area contributed by atoms with E-state index in [2.05, 4.69) is 29.6 Å². The molecular formula is C25H26N2O3S. The number of aryl methyl sites for hydroxylation is 1. The van der Waals surface area contributed by atoms with Crippen LogP contribution in [0.25, 0.3) is 10.8 Å². The molecule has 0 aliphatic carbocycles. The number of nitrogens with zero attached hydrogens (tertiary/aromatic N) is 1. The van der Waals surface area contributed by atoms with Gasteiger partial charge in [0, 0.05) is 5.39 Å². The minimum Gasteiger partial charge on any atom is -0.447 e. The Morgan fingerprint density at radius 2 is 1.87 bits per heavy atom. The molecule has 0 spiro atoms. The van der Waals surface area contributed by atoms with Gasteiger partial charge in [-0.3, -0.25) is 10.1 Å². The standard InChI is InChI=1S/C25H26N2O3S/c1-3-20(27-23(28)16-31-24(27)19-13-11-17(2)12-14-19)15-30-25(29)26-22-10-6-8-18-7-4-5-9-21(18)22/h4-14,20,24H,3,15-16H2,1-2H3,(H,26,29)/t20-,24+/m0/s1. The van der Waals surface area contributed by atoms with Crippen LogP contribution in [0.4, 0.5) is 10.5 Å². The monoisotopic (exact) mass is 434 g/mol. The maximum Gasteiger partial charge on any atom is 0.411 e. The van der Waals surface area contributed by atoms with E-state index >= 15 is 0 Å². The normalized spacial score (nSPS) is 17.0. The van der Waals surface area contributed by atoms with E-state index in [-0.39, 0.29) is 23.9 Å². The third-order valence-corrected chi connectivity index (χ3v) is 6.79. The van der Waals surface area contributed by atoms with Crippen molar-refractivity contribution in [3.05, 3.63) is 77.9 Å². The Morgan fingerprint density at radius 3 is 2.65 bits per heavy atom. The number of hydrogen-bond acceptors (Lipinski definition) is 4. The highest BCUT2D eigenvalue weighted by atomic mass is 32.2. The third kappa shape index (κ3) is 4.69. The summed E-state index contributed by atoms with van der Waals surface area (Å²) in [7, 11) is 0. The van der Waals surface area contributed by atoms with Crippen molar-refractivity contribution in [2.45, 2.75) is 31.7 Å². The van der Waals surface area contributed by atoms with Gasteiger partial charge in [0.15, 0.2) is 0 Å². The molecule has 0 aromatic heterocycles. The first-order valence-corrected chi connectivity index (χ1v) is 11.5. The van der Waals surface area contributed by atoms with E-state index in [9.17, 15) is 9.59 Å². The fourth-order valence-electron chi connectivity index (χ4n) is 3.87. The molecule has 1 aliphatic rings. The Kier molecular flexibility index (Phi) is 6.47. The van der Waals surface area contributed by atoms with Gasteiger partial charge in [0.25, 0.3) is 0 Å². The number of anilines is 1. The van der Waals surface area contributed by atoms with Crippen molar-refractivity contribution < 1.29 is 14.3 Å². The summed E-state index contributed by atoms with van der Waals surface area (Å²) in [5.41, 5.74) is 2.99. The van der Waals surface area contributed by atoms with Gasteiger partial charge in [-0.25, -0.2) is 4.79 Å². The Balaban J connectivity index is 1.44. The Morgan fingerprint density at radius 1 is 1.13 bits per heavy atom. The topological polar surface area (TPSA) is 58.6 Å². The van der Waals surface area contributed by atoms with Crippen LogP contribution in [-0.4, -0.2) is 35.3 Å². The first-order valence-electron chi connectivity index (χ1n) is 10.5. The molecule has 31 heavy (non-hydrogen) atoms. The van der Waals surface area contributed by atoms with E-state index in [4.69, 9.17) is 4.74 Å². The van der Waals surface area contributed by atoms with Crippen LogP contribution < -0.4 is 5.32 Å². The van der Waals surface area contributed by atoms with E-state index in [1.807, 2.05) is 61.2 Å². The average Bonchev–Trinajstić information content (AvgIpc) is 3.16. The molecule has 0 bridgehead atoms. The lowest BCUT2D eigenvalue weighted by atomic mass is 10.1. The molecule has 2 amide bonds. The number of fused-ring (bicyclic) bond motifs is 1. The van der Waals surface area contributed by atoms with Gasteiger partial charge in [0.2, 0.25) is 5.91 Å². The first-order chi connectivity index (χ1) is 15.1. The quantitative estimate of drug-likeness (QED) is 0.537. The molecule has 1 heterocycles. The highest BCUT2D eigenvalue weighted by molar-refractivity contribution is 8.00. The molecule has 1 aliphatic heterocycles. The van der Waals surface area contributed by atoms with Gasteiger partial charge in [-0.05, 0) is 30.4 Å². The van der Waals surface area contributed by atoms with Gasteiger partial charge < -0.3 is 9.64 Å². The van der Waals surface area contributed by atoms with Gasteiger partial charge in [0.05, 0.1) is 17.5 Å². The van der Waals surface area contributed by atoms with Crippen LogP contribution in [0.5, 0.6) is 0 Å². The van der Waals surface area contributed by atoms with Crippen molar-refractivity contribution in [2.75, 3.05) is 17.7 Å². The molecular weight excluding hydrogens is 408 g/mol. The number of benzene rings is 3. The van der Waals surface area contributed by atoms with E-state index in [1.165, 1.54) is 5.56 Å². The maximum absolute atomic E-state index is 12.7. The molecule has 0 saturated carbocycles. The van der Waals surface area contributed by atoms with Gasteiger partial charge in [-0.1, -0.05) is 73.2 Å². The molecule has 4 rings (SSSR count). The second-order valence-electron chi connectivity index (χ2n) is 7.69. The second-order valence-corrected chi connectivity index (χ2v) is 8.76. The molecule has 3 aromatic rings. The first kappa shape index (κ1) is 21.2. The van der Waals surface area contributed by atoms with E-state index in [1.54, 1.807) is 11.8 Å². The maximum atomic E-state index is 12.7. The summed E-state index contributed by atoms with van der Waals surface area (Å²) in [5, 5.41) is 4.80. The number of thioether (sulfide) groups is 1. The van der Waals surface area contributed by atoms with E-state index in [0.717, 1.165) is 16.3 Å². The molecule has 5 nitrogen and oxygen atoms in total. The predicted octanol–water partition coefficient (Wildman–Crippen LogP) is 5.75. The van der Waals surface area contributed by atoms with Gasteiger partial charge in [0.1, 0.15) is 12.0 Å². The summed E-state index contributed by atoms with van der Waals surface area (Å²) in [6.07, 6.45) is 0.192. The van der Waals surface area contributed by atoms with Crippen LogP contribution in [0, 0.1) is 6.92 Å². The van der Waals surface area contributed by atoms with Crippen LogP contribution in [-0.2, 0) is 9.53 Å². The van der Waals surface area contributed by atoms with Gasteiger partial charge in [-0.15, -0.1) is 11.8 Å². The Labute approximate surface area is 186 Å². The summed E-state index contributed by atoms with van der Waals surface area (Å²) in [4.78, 5) is 27.1. The molecule has 6 heteroatoms. The van der Waals surface area contributed by atoms with Crippen molar-refractivity contribution >= 4 is 40.2 Å². The summed E-state index contributed by atoms with van der Waals surface area (Å²) in [6.45, 7) is 4.21. The molecule has 0 unspecified atom stereocenters. The summed E-state index contributed by atoms with van der Waals surface area (Å²) in [6, 6.07) is 21.7. The number of ether oxygens (including phenoxy) is 1.